The van der Waals surface area contributed by atoms with Gasteiger partial charge in [0.05, 0.1) is 0 Å². The van der Waals surface area contributed by atoms with Crippen LogP contribution in [-0.2, 0) is 0 Å². The van der Waals surface area contributed by atoms with E-state index in [1.165, 1.54) is 0 Å². The molecule has 1 aromatic rings. The van der Waals surface area contributed by atoms with Crippen molar-refractivity contribution in [1.82, 2.24) is 10.9 Å². The van der Waals surface area contributed by atoms with Gasteiger partial charge in [0.1, 0.15) is 0 Å². The number of allylic oxidation sites excluding steroid dienone is 2. The number of carbonyl (C=O) groups is 1. The maximum absolute atomic E-state index is 11.6. The van der Waals surface area contributed by atoms with Crippen LogP contribution in [0.5, 0.6) is 0 Å². The first-order chi connectivity index (χ1) is 7.67. The molecule has 1 amide bonds. The lowest BCUT2D eigenvalue weighted by Gasteiger charge is -2.10. The van der Waals surface area contributed by atoms with Gasteiger partial charge < -0.3 is 5.43 Å². The Morgan fingerprint density at radius 3 is 2.44 bits per heavy atom. The molecule has 0 atom stereocenters. The summed E-state index contributed by atoms with van der Waals surface area (Å²) < 4.78 is 0. The number of hydrazine groups is 1. The molecular formula is C12H15ClN2O. The van der Waals surface area contributed by atoms with Gasteiger partial charge in [0.25, 0.3) is 5.91 Å². The molecule has 0 aliphatic heterocycles. The van der Waals surface area contributed by atoms with Crippen LogP contribution in [0, 0.1) is 0 Å². The van der Waals surface area contributed by atoms with Gasteiger partial charge in [-0.15, -0.1) is 0 Å². The fourth-order valence-corrected chi connectivity index (χ4v) is 1.30. The summed E-state index contributed by atoms with van der Waals surface area (Å²) in [6, 6.07) is 6.74. The van der Waals surface area contributed by atoms with E-state index in [-0.39, 0.29) is 5.91 Å². The van der Waals surface area contributed by atoms with Crippen LogP contribution in [0.25, 0.3) is 0 Å². The van der Waals surface area contributed by atoms with Crippen LogP contribution < -0.4 is 10.9 Å². The van der Waals surface area contributed by atoms with Crippen LogP contribution in [0.15, 0.2) is 36.0 Å². The molecule has 4 heteroatoms. The Balaban J connectivity index is 2.56. The molecule has 0 aliphatic rings. The third-order valence-corrected chi connectivity index (χ3v) is 2.42. The summed E-state index contributed by atoms with van der Waals surface area (Å²) in [5, 5.41) is 0.618. The molecule has 2 N–H and O–H groups in total. The topological polar surface area (TPSA) is 41.1 Å². The second-order valence-corrected chi connectivity index (χ2v) is 3.69. The Bertz CT molecular complexity index is 385. The Morgan fingerprint density at radius 1 is 1.31 bits per heavy atom. The van der Waals surface area contributed by atoms with Crippen LogP contribution in [0.2, 0.25) is 5.02 Å². The minimum atomic E-state index is -0.176. The van der Waals surface area contributed by atoms with Crippen molar-refractivity contribution >= 4 is 17.5 Å². The Morgan fingerprint density at radius 2 is 1.94 bits per heavy atom. The molecule has 3 nitrogen and oxygen atoms in total. The smallest absolute Gasteiger partial charge is 0.269 e. The zero-order valence-corrected chi connectivity index (χ0v) is 10.1. The average molecular weight is 239 g/mol. The lowest BCUT2D eigenvalue weighted by atomic mass is 10.2. The second kappa shape index (κ2) is 6.18. The van der Waals surface area contributed by atoms with Crippen molar-refractivity contribution in [3.05, 3.63) is 46.6 Å². The van der Waals surface area contributed by atoms with Gasteiger partial charge in [0.2, 0.25) is 0 Å². The molecule has 16 heavy (non-hydrogen) atoms. The molecule has 1 aromatic carbocycles. The van der Waals surface area contributed by atoms with E-state index in [1.54, 1.807) is 24.3 Å². The van der Waals surface area contributed by atoms with Gasteiger partial charge in [0.15, 0.2) is 0 Å². The summed E-state index contributed by atoms with van der Waals surface area (Å²) in [6.07, 6.45) is 2.76. The molecule has 0 saturated carbocycles. The van der Waals surface area contributed by atoms with Crippen LogP contribution >= 0.6 is 11.6 Å². The maximum atomic E-state index is 11.6. The molecule has 0 bridgehead atoms. The summed E-state index contributed by atoms with van der Waals surface area (Å²) in [6.45, 7) is 3.93. The molecule has 0 spiro atoms. The van der Waals surface area contributed by atoms with E-state index < -0.39 is 0 Å². The van der Waals surface area contributed by atoms with E-state index in [2.05, 4.69) is 10.9 Å². The van der Waals surface area contributed by atoms with E-state index in [9.17, 15) is 4.79 Å². The molecule has 0 heterocycles. The van der Waals surface area contributed by atoms with Gasteiger partial charge in [-0.3, -0.25) is 10.2 Å². The number of amides is 1. The second-order valence-electron chi connectivity index (χ2n) is 3.25. The van der Waals surface area contributed by atoms with Crippen molar-refractivity contribution in [1.29, 1.82) is 0 Å². The third kappa shape index (κ3) is 3.59. The Labute approximate surface area is 100 Å². The van der Waals surface area contributed by atoms with Crippen molar-refractivity contribution in [3.63, 3.8) is 0 Å². The standard InChI is InChI=1S/C12H15ClN2O/c1-3-11(4-2)14-15-12(16)9-5-7-10(13)8-6-9/h3,5-8,14H,4H2,1-2H3,(H,15,16)/b11-3-. The average Bonchev–Trinajstić information content (AvgIpc) is 2.31. The zero-order chi connectivity index (χ0) is 12.0. The van der Waals surface area contributed by atoms with Gasteiger partial charge in [-0.25, -0.2) is 0 Å². The predicted molar refractivity (Wildman–Crippen MR) is 66.1 cm³/mol. The number of halogens is 1. The summed E-state index contributed by atoms with van der Waals surface area (Å²) in [4.78, 5) is 11.6. The van der Waals surface area contributed by atoms with Crippen LogP contribution in [-0.4, -0.2) is 5.91 Å². The number of nitrogens with one attached hydrogen (secondary N) is 2. The highest BCUT2D eigenvalue weighted by Gasteiger charge is 2.04. The van der Waals surface area contributed by atoms with Gasteiger partial charge in [-0.2, -0.15) is 0 Å². The zero-order valence-electron chi connectivity index (χ0n) is 9.38. The van der Waals surface area contributed by atoms with Crippen LogP contribution in [0.4, 0.5) is 0 Å². The molecule has 0 unspecified atom stereocenters. The van der Waals surface area contributed by atoms with Gasteiger partial charge in [-0.1, -0.05) is 24.6 Å². The first kappa shape index (κ1) is 12.6. The molecule has 0 radical (unpaired) electrons. The fraction of sp³-hybridized carbons (Fsp3) is 0.250. The van der Waals surface area contributed by atoms with E-state index in [0.717, 1.165) is 12.1 Å². The lowest BCUT2D eigenvalue weighted by molar-refractivity contribution is 0.0938. The highest BCUT2D eigenvalue weighted by atomic mass is 35.5. The summed E-state index contributed by atoms with van der Waals surface area (Å²) in [5.74, 6) is -0.176. The van der Waals surface area contributed by atoms with Crippen molar-refractivity contribution < 1.29 is 4.79 Å². The Hall–Kier alpha value is -1.48. The number of hydrogen-bond acceptors (Lipinski definition) is 2. The van der Waals surface area contributed by atoms with Gasteiger partial charge in [-0.05, 0) is 37.6 Å². The van der Waals surface area contributed by atoms with Crippen molar-refractivity contribution in [2.45, 2.75) is 20.3 Å². The normalized spacial score (nSPS) is 11.1. The largest absolute Gasteiger partial charge is 0.303 e. The number of hydrogen-bond donors (Lipinski definition) is 2. The minimum absolute atomic E-state index is 0.176. The highest BCUT2D eigenvalue weighted by Crippen LogP contribution is 2.09. The number of benzene rings is 1. The fourth-order valence-electron chi connectivity index (χ4n) is 1.18. The molecule has 1 rings (SSSR count). The van der Waals surface area contributed by atoms with E-state index in [1.807, 2.05) is 19.9 Å². The molecular weight excluding hydrogens is 224 g/mol. The molecule has 0 fully saturated rings. The SMILES string of the molecule is C/C=C(/CC)NNC(=O)c1ccc(Cl)cc1. The quantitative estimate of drug-likeness (QED) is 0.792. The number of carbonyl (C=O) groups excluding carboxylic acids is 1. The molecule has 0 aliphatic carbocycles. The van der Waals surface area contributed by atoms with Crippen LogP contribution in [0.1, 0.15) is 30.6 Å². The van der Waals surface area contributed by atoms with E-state index in [0.29, 0.717) is 10.6 Å². The minimum Gasteiger partial charge on any atom is -0.303 e. The first-order valence-corrected chi connectivity index (χ1v) is 5.52. The van der Waals surface area contributed by atoms with Crippen LogP contribution in [0.3, 0.4) is 0 Å². The maximum Gasteiger partial charge on any atom is 0.269 e. The molecule has 86 valence electrons. The molecule has 0 saturated heterocycles. The lowest BCUT2D eigenvalue weighted by Crippen LogP contribution is -2.36. The van der Waals surface area contributed by atoms with Gasteiger partial charge in [0, 0.05) is 16.3 Å². The van der Waals surface area contributed by atoms with E-state index in [4.69, 9.17) is 11.6 Å². The van der Waals surface area contributed by atoms with Crippen molar-refractivity contribution in [2.75, 3.05) is 0 Å². The highest BCUT2D eigenvalue weighted by molar-refractivity contribution is 6.30. The predicted octanol–water partition coefficient (Wildman–Crippen LogP) is 2.89. The summed E-state index contributed by atoms with van der Waals surface area (Å²) in [5.41, 5.74) is 7.03. The van der Waals surface area contributed by atoms with E-state index >= 15 is 0 Å². The summed E-state index contributed by atoms with van der Waals surface area (Å²) >= 11 is 5.73. The monoisotopic (exact) mass is 238 g/mol. The Kier molecular flexibility index (Phi) is 4.86. The van der Waals surface area contributed by atoms with Gasteiger partial charge >= 0.3 is 0 Å². The summed E-state index contributed by atoms with van der Waals surface area (Å²) in [7, 11) is 0. The number of rotatable bonds is 4. The third-order valence-electron chi connectivity index (χ3n) is 2.17. The molecule has 0 aromatic heterocycles. The van der Waals surface area contributed by atoms with Crippen molar-refractivity contribution in [3.8, 4) is 0 Å². The first-order valence-electron chi connectivity index (χ1n) is 5.14. The van der Waals surface area contributed by atoms with Crippen molar-refractivity contribution in [2.24, 2.45) is 0 Å².